The van der Waals surface area contributed by atoms with Crippen LogP contribution >= 0.6 is 12.4 Å². The first-order valence-corrected chi connectivity index (χ1v) is 6.56. The maximum Gasteiger partial charge on any atom is 0.225 e. The van der Waals surface area contributed by atoms with Gasteiger partial charge in [-0.2, -0.15) is 0 Å². The van der Waals surface area contributed by atoms with Crippen LogP contribution in [0.1, 0.15) is 13.3 Å². The van der Waals surface area contributed by atoms with Gasteiger partial charge in [-0.25, -0.2) is 0 Å². The molecule has 6 nitrogen and oxygen atoms in total. The summed E-state index contributed by atoms with van der Waals surface area (Å²) in [5.74, 6) is -0.170. The second-order valence-corrected chi connectivity index (χ2v) is 5.06. The van der Waals surface area contributed by atoms with Gasteiger partial charge in [-0.3, -0.25) is 9.59 Å². The van der Waals surface area contributed by atoms with E-state index >= 15 is 0 Å². The van der Waals surface area contributed by atoms with E-state index in [0.717, 1.165) is 6.54 Å². The van der Waals surface area contributed by atoms with Crippen molar-refractivity contribution in [2.75, 3.05) is 32.7 Å². The number of hydrogen-bond donors (Lipinski definition) is 3. The highest BCUT2D eigenvalue weighted by Crippen LogP contribution is 2.17. The molecule has 0 bridgehead atoms. The molecule has 2 aliphatic rings. The van der Waals surface area contributed by atoms with Crippen LogP contribution in [0.2, 0.25) is 0 Å². The summed E-state index contributed by atoms with van der Waals surface area (Å²) in [5.41, 5.74) is 0. The lowest BCUT2D eigenvalue weighted by atomic mass is 10.0. The number of carbonyl (C=O) groups is 2. The van der Waals surface area contributed by atoms with Gasteiger partial charge in [0.05, 0.1) is 12.0 Å². The zero-order valence-corrected chi connectivity index (χ0v) is 11.9. The summed E-state index contributed by atoms with van der Waals surface area (Å²) in [6.07, 6.45) is -0.0758. The van der Waals surface area contributed by atoms with Gasteiger partial charge >= 0.3 is 0 Å². The van der Waals surface area contributed by atoms with E-state index in [1.165, 1.54) is 0 Å². The van der Waals surface area contributed by atoms with Crippen LogP contribution in [0.3, 0.4) is 0 Å². The molecule has 7 heteroatoms. The van der Waals surface area contributed by atoms with E-state index in [1.807, 2.05) is 6.92 Å². The number of likely N-dealkylation sites (tertiary alicyclic amines) is 1. The number of amides is 2. The van der Waals surface area contributed by atoms with Gasteiger partial charge in [0.15, 0.2) is 0 Å². The molecule has 2 amide bonds. The second kappa shape index (κ2) is 7.07. The Hall–Kier alpha value is -0.850. The summed E-state index contributed by atoms with van der Waals surface area (Å²) >= 11 is 0. The zero-order chi connectivity index (χ0) is 13.1. The van der Waals surface area contributed by atoms with E-state index in [2.05, 4.69) is 10.6 Å². The summed E-state index contributed by atoms with van der Waals surface area (Å²) in [6, 6.07) is 0. The molecule has 0 saturated carbocycles. The van der Waals surface area contributed by atoms with E-state index in [4.69, 9.17) is 0 Å². The van der Waals surface area contributed by atoms with Crippen LogP contribution in [0.25, 0.3) is 0 Å². The van der Waals surface area contributed by atoms with Gasteiger partial charge in [-0.05, 0) is 6.92 Å². The molecule has 3 atom stereocenters. The number of hydrogen-bond acceptors (Lipinski definition) is 4. The lowest BCUT2D eigenvalue weighted by molar-refractivity contribution is -0.129. The third kappa shape index (κ3) is 3.81. The molecule has 2 aliphatic heterocycles. The molecule has 3 unspecified atom stereocenters. The Morgan fingerprint density at radius 3 is 2.79 bits per heavy atom. The first-order chi connectivity index (χ1) is 8.61. The molecule has 0 aliphatic carbocycles. The van der Waals surface area contributed by atoms with Crippen LogP contribution in [-0.4, -0.2) is 60.6 Å². The molecule has 3 N–H and O–H groups in total. The molecule has 2 saturated heterocycles. The van der Waals surface area contributed by atoms with Gasteiger partial charge in [-0.15, -0.1) is 12.4 Å². The van der Waals surface area contributed by atoms with Crippen molar-refractivity contribution >= 4 is 24.2 Å². The minimum atomic E-state index is -0.386. The fraction of sp³-hybridized carbons (Fsp3) is 0.833. The molecule has 0 aromatic rings. The molecule has 19 heavy (non-hydrogen) atoms. The van der Waals surface area contributed by atoms with Gasteiger partial charge in [0.1, 0.15) is 0 Å². The fourth-order valence-corrected chi connectivity index (χ4v) is 2.56. The maximum atomic E-state index is 11.9. The number of rotatable bonds is 4. The Morgan fingerprint density at radius 1 is 1.53 bits per heavy atom. The second-order valence-electron chi connectivity index (χ2n) is 5.06. The van der Waals surface area contributed by atoms with E-state index in [9.17, 15) is 14.7 Å². The molecular formula is C12H22ClN3O3. The van der Waals surface area contributed by atoms with Crippen molar-refractivity contribution in [1.29, 1.82) is 0 Å². The number of β-amino-alcohol motifs (C(OH)–C–C–N with tert-alkyl or cyclic N) is 1. The number of aliphatic hydroxyl groups excluding tert-OH is 1. The van der Waals surface area contributed by atoms with E-state index in [-0.39, 0.29) is 42.2 Å². The first kappa shape index (κ1) is 16.2. The van der Waals surface area contributed by atoms with Gasteiger partial charge in [0.25, 0.3) is 0 Å². The van der Waals surface area contributed by atoms with Gasteiger partial charge in [0, 0.05) is 45.1 Å². The van der Waals surface area contributed by atoms with Gasteiger partial charge < -0.3 is 20.6 Å². The molecule has 2 heterocycles. The average molecular weight is 292 g/mol. The molecule has 0 aromatic heterocycles. The minimum absolute atomic E-state index is 0. The Balaban J connectivity index is 0.00000180. The van der Waals surface area contributed by atoms with Crippen molar-refractivity contribution in [3.63, 3.8) is 0 Å². The quantitative estimate of drug-likeness (QED) is 0.619. The predicted octanol–water partition coefficient (Wildman–Crippen LogP) is -1.03. The SMILES string of the molecule is CCN1CC(C(=O)NCC2CNCC2O)CC1=O.Cl. The van der Waals surface area contributed by atoms with Crippen LogP contribution < -0.4 is 10.6 Å². The summed E-state index contributed by atoms with van der Waals surface area (Å²) in [7, 11) is 0. The molecule has 0 spiro atoms. The van der Waals surface area contributed by atoms with Crippen molar-refractivity contribution in [1.82, 2.24) is 15.5 Å². The highest BCUT2D eigenvalue weighted by Gasteiger charge is 2.34. The average Bonchev–Trinajstić information content (AvgIpc) is 2.92. The molecule has 0 aromatic carbocycles. The highest BCUT2D eigenvalue weighted by molar-refractivity contribution is 5.89. The van der Waals surface area contributed by atoms with E-state index in [1.54, 1.807) is 4.90 Å². The van der Waals surface area contributed by atoms with E-state index < -0.39 is 0 Å². The molecular weight excluding hydrogens is 270 g/mol. The predicted molar refractivity (Wildman–Crippen MR) is 73.0 cm³/mol. The Kier molecular flexibility index (Phi) is 6.03. The topological polar surface area (TPSA) is 81.7 Å². The Bertz CT molecular complexity index is 340. The number of nitrogens with zero attached hydrogens (tertiary/aromatic N) is 1. The number of halogens is 1. The first-order valence-electron chi connectivity index (χ1n) is 6.56. The molecule has 110 valence electrons. The maximum absolute atomic E-state index is 11.9. The van der Waals surface area contributed by atoms with Gasteiger partial charge in [0.2, 0.25) is 11.8 Å². The van der Waals surface area contributed by atoms with Crippen molar-refractivity contribution < 1.29 is 14.7 Å². The number of nitrogens with one attached hydrogen (secondary N) is 2. The van der Waals surface area contributed by atoms with Crippen molar-refractivity contribution in [3.05, 3.63) is 0 Å². The Labute approximate surface area is 119 Å². The largest absolute Gasteiger partial charge is 0.391 e. The minimum Gasteiger partial charge on any atom is -0.391 e. The highest BCUT2D eigenvalue weighted by atomic mass is 35.5. The number of aliphatic hydroxyl groups is 1. The number of carbonyl (C=O) groups excluding carboxylic acids is 2. The lowest BCUT2D eigenvalue weighted by Crippen LogP contribution is -2.38. The van der Waals surface area contributed by atoms with Crippen molar-refractivity contribution in [3.8, 4) is 0 Å². The van der Waals surface area contributed by atoms with Crippen LogP contribution in [-0.2, 0) is 9.59 Å². The smallest absolute Gasteiger partial charge is 0.225 e. The summed E-state index contributed by atoms with van der Waals surface area (Å²) in [6.45, 7) is 4.89. The summed E-state index contributed by atoms with van der Waals surface area (Å²) < 4.78 is 0. The normalized spacial score (nSPS) is 30.3. The standard InChI is InChI=1S/C12H21N3O3.ClH/c1-2-15-7-8(3-11(15)17)12(18)14-5-9-4-13-6-10(9)16;/h8-10,13,16H,2-7H2,1H3,(H,14,18);1H. The lowest BCUT2D eigenvalue weighted by Gasteiger charge is -2.16. The van der Waals surface area contributed by atoms with Crippen LogP contribution in [0.5, 0.6) is 0 Å². The summed E-state index contributed by atoms with van der Waals surface area (Å²) in [4.78, 5) is 25.2. The van der Waals surface area contributed by atoms with E-state index in [0.29, 0.717) is 32.6 Å². The molecule has 2 rings (SSSR count). The molecule has 0 radical (unpaired) electrons. The Morgan fingerprint density at radius 2 is 2.26 bits per heavy atom. The third-order valence-corrected chi connectivity index (χ3v) is 3.81. The van der Waals surface area contributed by atoms with Crippen LogP contribution in [0, 0.1) is 11.8 Å². The fourth-order valence-electron chi connectivity index (χ4n) is 2.56. The molecule has 2 fully saturated rings. The third-order valence-electron chi connectivity index (χ3n) is 3.81. The van der Waals surface area contributed by atoms with Gasteiger partial charge in [-0.1, -0.05) is 0 Å². The van der Waals surface area contributed by atoms with Crippen LogP contribution in [0.15, 0.2) is 0 Å². The zero-order valence-electron chi connectivity index (χ0n) is 11.1. The van der Waals surface area contributed by atoms with Crippen molar-refractivity contribution in [2.24, 2.45) is 11.8 Å². The van der Waals surface area contributed by atoms with Crippen LogP contribution in [0.4, 0.5) is 0 Å². The van der Waals surface area contributed by atoms with Crippen molar-refractivity contribution in [2.45, 2.75) is 19.4 Å². The monoisotopic (exact) mass is 291 g/mol. The summed E-state index contributed by atoms with van der Waals surface area (Å²) in [5, 5.41) is 15.5.